The molecule has 2 aliphatic rings. The van der Waals surface area contributed by atoms with E-state index in [0.717, 1.165) is 18.4 Å². The van der Waals surface area contributed by atoms with Crippen LogP contribution in [0.2, 0.25) is 0 Å². The molecule has 1 saturated carbocycles. The first-order valence-electron chi connectivity index (χ1n) is 7.13. The number of aromatic nitrogens is 1. The van der Waals surface area contributed by atoms with Gasteiger partial charge in [-0.1, -0.05) is 6.07 Å². The van der Waals surface area contributed by atoms with Gasteiger partial charge in [0.05, 0.1) is 6.04 Å². The van der Waals surface area contributed by atoms with Crippen LogP contribution in [0.4, 0.5) is 0 Å². The molecule has 0 N–H and O–H groups in total. The molecule has 2 fully saturated rings. The summed E-state index contributed by atoms with van der Waals surface area (Å²) in [5.74, 6) is -0.170. The number of likely N-dealkylation sites (N-methyl/N-ethyl adjacent to an activating group) is 1. The van der Waals surface area contributed by atoms with Gasteiger partial charge in [-0.05, 0) is 24.5 Å². The molecule has 1 aliphatic heterocycles. The van der Waals surface area contributed by atoms with Crippen LogP contribution in [0.1, 0.15) is 24.4 Å². The number of carbonyl (C=O) groups is 2. The number of morpholine rings is 1. The third-order valence-electron chi connectivity index (χ3n) is 3.91. The molecule has 0 unspecified atom stereocenters. The number of ether oxygens (including phenoxy) is 1. The van der Waals surface area contributed by atoms with E-state index in [0.29, 0.717) is 0 Å². The van der Waals surface area contributed by atoms with E-state index in [1.165, 1.54) is 4.90 Å². The molecule has 21 heavy (non-hydrogen) atoms. The van der Waals surface area contributed by atoms with Gasteiger partial charge in [0, 0.05) is 32.5 Å². The summed E-state index contributed by atoms with van der Waals surface area (Å²) in [7, 11) is 3.40. The quantitative estimate of drug-likeness (QED) is 0.817. The molecule has 0 bridgehead atoms. The van der Waals surface area contributed by atoms with Gasteiger partial charge in [-0.3, -0.25) is 14.6 Å². The molecule has 2 heterocycles. The highest BCUT2D eigenvalue weighted by molar-refractivity contribution is 5.86. The van der Waals surface area contributed by atoms with Gasteiger partial charge in [0.2, 0.25) is 5.91 Å². The fourth-order valence-electron chi connectivity index (χ4n) is 2.76. The SMILES string of the molecule is CN(C)C(=O)[C@H]1OCC(=O)N(C2CC2)[C@@H]1c1cccnc1. The lowest BCUT2D eigenvalue weighted by molar-refractivity contribution is -0.169. The second-order valence-electron chi connectivity index (χ2n) is 5.73. The van der Waals surface area contributed by atoms with E-state index in [2.05, 4.69) is 4.98 Å². The molecule has 0 radical (unpaired) electrons. The van der Waals surface area contributed by atoms with Crippen LogP contribution in [0.3, 0.4) is 0 Å². The van der Waals surface area contributed by atoms with Gasteiger partial charge < -0.3 is 14.5 Å². The summed E-state index contributed by atoms with van der Waals surface area (Å²) in [6.07, 6.45) is 4.70. The standard InChI is InChI=1S/C15H19N3O3/c1-17(2)15(20)14-13(10-4-3-7-16-8-10)18(11-5-6-11)12(19)9-21-14/h3-4,7-8,11,13-14H,5-6,9H2,1-2H3/t13-,14+/m1/s1. The number of rotatable bonds is 3. The first-order chi connectivity index (χ1) is 10.1. The second kappa shape index (κ2) is 5.44. The second-order valence-corrected chi connectivity index (χ2v) is 5.73. The average Bonchev–Trinajstić information content (AvgIpc) is 3.31. The van der Waals surface area contributed by atoms with Crippen LogP contribution in [0.25, 0.3) is 0 Å². The van der Waals surface area contributed by atoms with Crippen LogP contribution in [0.5, 0.6) is 0 Å². The van der Waals surface area contributed by atoms with Crippen LogP contribution in [-0.4, -0.2) is 59.4 Å². The van der Waals surface area contributed by atoms with E-state index < -0.39 is 6.10 Å². The van der Waals surface area contributed by atoms with E-state index in [1.807, 2.05) is 17.0 Å². The molecule has 0 spiro atoms. The monoisotopic (exact) mass is 289 g/mol. The Kier molecular flexibility index (Phi) is 3.63. The molecule has 1 saturated heterocycles. The van der Waals surface area contributed by atoms with E-state index >= 15 is 0 Å². The smallest absolute Gasteiger partial charge is 0.253 e. The predicted octanol–water partition coefficient (Wildman–Crippen LogP) is 0.601. The summed E-state index contributed by atoms with van der Waals surface area (Å²) in [5, 5.41) is 0. The molecule has 3 rings (SSSR count). The minimum Gasteiger partial charge on any atom is -0.356 e. The first kappa shape index (κ1) is 14.0. The lowest BCUT2D eigenvalue weighted by atomic mass is 9.98. The normalized spacial score (nSPS) is 25.8. The maximum absolute atomic E-state index is 12.4. The van der Waals surface area contributed by atoms with E-state index in [9.17, 15) is 9.59 Å². The van der Waals surface area contributed by atoms with E-state index in [4.69, 9.17) is 4.74 Å². The summed E-state index contributed by atoms with van der Waals surface area (Å²) >= 11 is 0. The van der Waals surface area contributed by atoms with Crippen LogP contribution >= 0.6 is 0 Å². The average molecular weight is 289 g/mol. The van der Waals surface area contributed by atoms with Crippen molar-refractivity contribution in [2.45, 2.75) is 31.0 Å². The Balaban J connectivity index is 1.99. The molecule has 112 valence electrons. The van der Waals surface area contributed by atoms with Crippen LogP contribution in [0, 0.1) is 0 Å². The lowest BCUT2D eigenvalue weighted by Gasteiger charge is -2.41. The largest absolute Gasteiger partial charge is 0.356 e. The number of hydrogen-bond donors (Lipinski definition) is 0. The van der Waals surface area contributed by atoms with Crippen molar-refractivity contribution in [3.63, 3.8) is 0 Å². The van der Waals surface area contributed by atoms with Crippen molar-refractivity contribution in [1.29, 1.82) is 0 Å². The molecule has 2 atom stereocenters. The molecule has 6 heteroatoms. The van der Waals surface area contributed by atoms with Crippen LogP contribution < -0.4 is 0 Å². The minimum atomic E-state index is -0.664. The number of nitrogens with zero attached hydrogens (tertiary/aromatic N) is 3. The molecule has 2 amide bonds. The van der Waals surface area contributed by atoms with Gasteiger partial charge in [0.25, 0.3) is 5.91 Å². The maximum atomic E-state index is 12.4. The topological polar surface area (TPSA) is 62.7 Å². The lowest BCUT2D eigenvalue weighted by Crippen LogP contribution is -2.54. The summed E-state index contributed by atoms with van der Waals surface area (Å²) in [4.78, 5) is 32.1. The zero-order chi connectivity index (χ0) is 15.0. The minimum absolute atomic E-state index is 0.0302. The van der Waals surface area contributed by atoms with Crippen molar-refractivity contribution in [2.24, 2.45) is 0 Å². The van der Waals surface area contributed by atoms with E-state index in [1.54, 1.807) is 26.5 Å². The van der Waals surface area contributed by atoms with Gasteiger partial charge >= 0.3 is 0 Å². The highest BCUT2D eigenvalue weighted by Crippen LogP contribution is 2.39. The fraction of sp³-hybridized carbons (Fsp3) is 0.533. The molecule has 0 aromatic carbocycles. The van der Waals surface area contributed by atoms with Gasteiger partial charge in [-0.25, -0.2) is 0 Å². The zero-order valence-electron chi connectivity index (χ0n) is 12.2. The number of pyridine rings is 1. The van der Waals surface area contributed by atoms with Gasteiger partial charge in [-0.2, -0.15) is 0 Å². The Labute approximate surface area is 123 Å². The molecule has 1 aromatic rings. The highest BCUT2D eigenvalue weighted by Gasteiger charge is 2.47. The first-order valence-corrected chi connectivity index (χ1v) is 7.13. The van der Waals surface area contributed by atoms with Crippen molar-refractivity contribution in [1.82, 2.24) is 14.8 Å². The third-order valence-corrected chi connectivity index (χ3v) is 3.91. The van der Waals surface area contributed by atoms with Crippen molar-refractivity contribution >= 4 is 11.8 Å². The Bertz CT molecular complexity index is 542. The number of hydrogen-bond acceptors (Lipinski definition) is 4. The summed E-state index contributed by atoms with van der Waals surface area (Å²) in [6, 6.07) is 3.55. The van der Waals surface area contributed by atoms with Gasteiger partial charge in [0.1, 0.15) is 6.61 Å². The van der Waals surface area contributed by atoms with Crippen molar-refractivity contribution in [2.75, 3.05) is 20.7 Å². The summed E-state index contributed by atoms with van der Waals surface area (Å²) < 4.78 is 5.58. The molecule has 1 aromatic heterocycles. The zero-order valence-corrected chi connectivity index (χ0v) is 12.2. The maximum Gasteiger partial charge on any atom is 0.253 e. The van der Waals surface area contributed by atoms with Crippen molar-refractivity contribution < 1.29 is 14.3 Å². The third kappa shape index (κ3) is 2.63. The summed E-state index contributed by atoms with van der Waals surface area (Å²) in [6.45, 7) is -0.0302. The predicted molar refractivity (Wildman–Crippen MR) is 75.3 cm³/mol. The number of amides is 2. The fourth-order valence-corrected chi connectivity index (χ4v) is 2.76. The Morgan fingerprint density at radius 3 is 2.76 bits per heavy atom. The van der Waals surface area contributed by atoms with E-state index in [-0.39, 0.29) is 30.5 Å². The van der Waals surface area contributed by atoms with Crippen LogP contribution in [-0.2, 0) is 14.3 Å². The van der Waals surface area contributed by atoms with Crippen molar-refractivity contribution in [3.05, 3.63) is 30.1 Å². The molecular formula is C15H19N3O3. The Morgan fingerprint density at radius 1 is 1.43 bits per heavy atom. The molecular weight excluding hydrogens is 270 g/mol. The van der Waals surface area contributed by atoms with Gasteiger partial charge in [-0.15, -0.1) is 0 Å². The van der Waals surface area contributed by atoms with Gasteiger partial charge in [0.15, 0.2) is 6.10 Å². The summed E-state index contributed by atoms with van der Waals surface area (Å²) in [5.41, 5.74) is 0.845. The van der Waals surface area contributed by atoms with Crippen LogP contribution in [0.15, 0.2) is 24.5 Å². The Morgan fingerprint density at radius 2 is 2.19 bits per heavy atom. The van der Waals surface area contributed by atoms with Crippen molar-refractivity contribution in [3.8, 4) is 0 Å². The molecule has 1 aliphatic carbocycles. The Hall–Kier alpha value is -1.95. The highest BCUT2D eigenvalue weighted by atomic mass is 16.5. The number of carbonyl (C=O) groups excluding carboxylic acids is 2. The molecule has 6 nitrogen and oxygen atoms in total.